The Balaban J connectivity index is 0.000000252. The van der Waals surface area contributed by atoms with Crippen LogP contribution in [0, 0.1) is 0 Å². The zero-order valence-corrected chi connectivity index (χ0v) is 17.2. The molecule has 2 fully saturated rings. The molecule has 0 bridgehead atoms. The normalized spacial score (nSPS) is 17.9. The SMILES string of the molecule is CC(C)(O)c1cnc(Nc2cc(C3CCCC3)[nH]n2)cn1.CC1(NC(=O)O)CC1. The largest absolute Gasteiger partial charge is 0.465 e. The number of hydrogen-bond donors (Lipinski definition) is 5. The molecule has 1 amide bonds. The number of hydrogen-bond acceptors (Lipinski definition) is 6. The number of carbonyl (C=O) groups is 1. The molecule has 9 nitrogen and oxygen atoms in total. The van der Waals surface area contributed by atoms with E-state index in [9.17, 15) is 9.90 Å². The summed E-state index contributed by atoms with van der Waals surface area (Å²) in [7, 11) is 0. The van der Waals surface area contributed by atoms with E-state index in [1.54, 1.807) is 26.2 Å². The maximum absolute atomic E-state index is 9.94. The molecule has 0 radical (unpaired) electrons. The van der Waals surface area contributed by atoms with E-state index in [0.717, 1.165) is 18.7 Å². The lowest BCUT2D eigenvalue weighted by atomic mass is 10.0. The van der Waals surface area contributed by atoms with Crippen molar-refractivity contribution >= 4 is 17.7 Å². The number of anilines is 2. The molecular formula is C20H30N6O3. The van der Waals surface area contributed by atoms with Crippen LogP contribution in [0.15, 0.2) is 18.5 Å². The highest BCUT2D eigenvalue weighted by Crippen LogP contribution is 2.34. The summed E-state index contributed by atoms with van der Waals surface area (Å²) in [5, 5.41) is 30.9. The van der Waals surface area contributed by atoms with Crippen molar-refractivity contribution in [3.8, 4) is 0 Å². The topological polar surface area (TPSA) is 136 Å². The van der Waals surface area contributed by atoms with E-state index in [0.29, 0.717) is 17.4 Å². The van der Waals surface area contributed by atoms with Crippen molar-refractivity contribution in [1.29, 1.82) is 0 Å². The first-order valence-corrected chi connectivity index (χ1v) is 10.0. The van der Waals surface area contributed by atoms with Crippen molar-refractivity contribution in [2.75, 3.05) is 5.32 Å². The highest BCUT2D eigenvalue weighted by atomic mass is 16.4. The molecular weight excluding hydrogens is 372 g/mol. The first-order chi connectivity index (χ1) is 13.6. The van der Waals surface area contributed by atoms with Crippen LogP contribution in [0.5, 0.6) is 0 Å². The van der Waals surface area contributed by atoms with Gasteiger partial charge in [-0.15, -0.1) is 0 Å². The average molecular weight is 402 g/mol. The van der Waals surface area contributed by atoms with E-state index < -0.39 is 11.7 Å². The van der Waals surface area contributed by atoms with Gasteiger partial charge in [-0.25, -0.2) is 9.78 Å². The van der Waals surface area contributed by atoms with E-state index in [1.165, 1.54) is 31.4 Å². The molecule has 2 aliphatic rings. The Morgan fingerprint density at radius 1 is 1.21 bits per heavy atom. The van der Waals surface area contributed by atoms with Gasteiger partial charge in [-0.3, -0.25) is 10.1 Å². The number of H-pyrrole nitrogens is 1. The summed E-state index contributed by atoms with van der Waals surface area (Å²) in [4.78, 5) is 18.4. The molecule has 158 valence electrons. The summed E-state index contributed by atoms with van der Waals surface area (Å²) in [6.45, 7) is 5.28. The molecule has 2 heterocycles. The molecule has 0 aromatic carbocycles. The van der Waals surface area contributed by atoms with E-state index >= 15 is 0 Å². The molecule has 0 saturated heterocycles. The molecule has 4 rings (SSSR count). The van der Waals surface area contributed by atoms with Crippen LogP contribution in [0.1, 0.15) is 76.6 Å². The Bertz CT molecular complexity index is 817. The van der Waals surface area contributed by atoms with Gasteiger partial charge in [0.1, 0.15) is 11.4 Å². The second kappa shape index (κ2) is 8.36. The minimum Gasteiger partial charge on any atom is -0.465 e. The lowest BCUT2D eigenvalue weighted by Crippen LogP contribution is -2.32. The second-order valence-electron chi connectivity index (χ2n) is 8.65. The number of nitrogens with zero attached hydrogens (tertiary/aromatic N) is 3. The van der Waals surface area contributed by atoms with Crippen LogP contribution >= 0.6 is 0 Å². The monoisotopic (exact) mass is 402 g/mol. The van der Waals surface area contributed by atoms with E-state index in [2.05, 4.69) is 30.8 Å². The van der Waals surface area contributed by atoms with Gasteiger partial charge < -0.3 is 20.8 Å². The van der Waals surface area contributed by atoms with Gasteiger partial charge in [0.25, 0.3) is 0 Å². The molecule has 0 atom stereocenters. The van der Waals surface area contributed by atoms with Crippen molar-refractivity contribution < 1.29 is 15.0 Å². The number of rotatable bonds is 5. The molecule has 0 unspecified atom stereocenters. The molecule has 2 aliphatic carbocycles. The summed E-state index contributed by atoms with van der Waals surface area (Å²) >= 11 is 0. The predicted octanol–water partition coefficient (Wildman–Crippen LogP) is 3.63. The first kappa shape index (κ1) is 21.0. The van der Waals surface area contributed by atoms with Crippen molar-refractivity contribution in [2.24, 2.45) is 0 Å². The number of aromatic amines is 1. The Kier molecular flexibility index (Phi) is 6.07. The Morgan fingerprint density at radius 3 is 2.38 bits per heavy atom. The summed E-state index contributed by atoms with van der Waals surface area (Å²) in [5.41, 5.74) is 0.678. The Hall–Kier alpha value is -2.68. The number of aromatic nitrogens is 4. The standard InChI is InChI=1S/C15H21N5O.C5H9NO2/c1-15(2,21)12-8-17-14(9-16-12)18-13-7-11(19-20-13)10-5-3-4-6-10;1-5(2-3-5)6-4(7)8/h7-10,21H,3-6H2,1-2H3,(H2,17,18,19,20);6H,2-3H2,1H3,(H,7,8). The molecule has 9 heteroatoms. The lowest BCUT2D eigenvalue weighted by Gasteiger charge is -2.15. The summed E-state index contributed by atoms with van der Waals surface area (Å²) < 4.78 is 0. The van der Waals surface area contributed by atoms with Crippen LogP contribution < -0.4 is 10.6 Å². The van der Waals surface area contributed by atoms with Gasteiger partial charge in [0, 0.05) is 23.2 Å². The minimum absolute atomic E-state index is 0.0775. The fraction of sp³-hybridized carbons (Fsp3) is 0.600. The van der Waals surface area contributed by atoms with E-state index in [-0.39, 0.29) is 5.54 Å². The maximum Gasteiger partial charge on any atom is 0.405 e. The van der Waals surface area contributed by atoms with Crippen LogP contribution in [0.4, 0.5) is 16.4 Å². The third-order valence-electron chi connectivity index (χ3n) is 5.34. The predicted molar refractivity (Wildman–Crippen MR) is 109 cm³/mol. The fourth-order valence-electron chi connectivity index (χ4n) is 3.26. The Labute approximate surface area is 170 Å². The van der Waals surface area contributed by atoms with E-state index in [4.69, 9.17) is 5.11 Å². The van der Waals surface area contributed by atoms with Gasteiger partial charge in [-0.1, -0.05) is 12.8 Å². The van der Waals surface area contributed by atoms with Crippen molar-refractivity contribution in [2.45, 2.75) is 76.4 Å². The molecule has 2 saturated carbocycles. The van der Waals surface area contributed by atoms with E-state index in [1.807, 2.05) is 13.0 Å². The molecule has 0 spiro atoms. The van der Waals surface area contributed by atoms with Crippen molar-refractivity contribution in [3.63, 3.8) is 0 Å². The van der Waals surface area contributed by atoms with Gasteiger partial charge in [0.2, 0.25) is 0 Å². The van der Waals surface area contributed by atoms with Crippen molar-refractivity contribution in [3.05, 3.63) is 29.8 Å². The third-order valence-corrected chi connectivity index (χ3v) is 5.34. The molecule has 5 N–H and O–H groups in total. The highest BCUT2D eigenvalue weighted by Gasteiger charge is 2.38. The van der Waals surface area contributed by atoms with Gasteiger partial charge in [-0.05, 0) is 46.5 Å². The van der Waals surface area contributed by atoms with Gasteiger partial charge in [-0.2, -0.15) is 5.10 Å². The number of amides is 1. The van der Waals surface area contributed by atoms with Crippen molar-refractivity contribution in [1.82, 2.24) is 25.5 Å². The van der Waals surface area contributed by atoms with Crippen LogP contribution in [0.2, 0.25) is 0 Å². The van der Waals surface area contributed by atoms with Crippen LogP contribution in [-0.4, -0.2) is 42.0 Å². The summed E-state index contributed by atoms with van der Waals surface area (Å²) in [6, 6.07) is 2.04. The van der Waals surface area contributed by atoms with Gasteiger partial charge in [0.15, 0.2) is 5.82 Å². The lowest BCUT2D eigenvalue weighted by molar-refractivity contribution is 0.0734. The third kappa shape index (κ3) is 6.15. The number of nitrogens with one attached hydrogen (secondary N) is 3. The first-order valence-electron chi connectivity index (χ1n) is 10.0. The van der Waals surface area contributed by atoms with Crippen LogP contribution in [0.3, 0.4) is 0 Å². The number of carboxylic acid groups (broad SMARTS) is 1. The molecule has 2 aromatic rings. The fourth-order valence-corrected chi connectivity index (χ4v) is 3.26. The van der Waals surface area contributed by atoms with Crippen LogP contribution in [0.25, 0.3) is 0 Å². The van der Waals surface area contributed by atoms with Gasteiger partial charge in [0.05, 0.1) is 18.1 Å². The highest BCUT2D eigenvalue weighted by molar-refractivity contribution is 5.66. The summed E-state index contributed by atoms with van der Waals surface area (Å²) in [5.74, 6) is 1.98. The molecule has 29 heavy (non-hydrogen) atoms. The van der Waals surface area contributed by atoms with Gasteiger partial charge >= 0.3 is 6.09 Å². The Morgan fingerprint density at radius 2 is 1.90 bits per heavy atom. The maximum atomic E-state index is 9.94. The second-order valence-corrected chi connectivity index (χ2v) is 8.65. The quantitative estimate of drug-likeness (QED) is 0.515. The molecule has 0 aliphatic heterocycles. The van der Waals surface area contributed by atoms with Crippen LogP contribution in [-0.2, 0) is 5.60 Å². The number of aliphatic hydroxyl groups is 1. The average Bonchev–Trinajstić information content (AvgIpc) is 3.07. The smallest absolute Gasteiger partial charge is 0.405 e. The summed E-state index contributed by atoms with van der Waals surface area (Å²) in [6.07, 6.45) is 9.32. The molecule has 2 aromatic heterocycles. The minimum atomic E-state index is -0.979. The zero-order valence-electron chi connectivity index (χ0n) is 17.2. The zero-order chi connectivity index (χ0) is 21.1.